The Hall–Kier alpha value is -3.99. The predicted octanol–water partition coefficient (Wildman–Crippen LogP) is 1.23. The maximum Gasteiger partial charge on any atom is 0.326 e. The molecule has 51 heavy (non-hydrogen) atoms. The zero-order valence-corrected chi connectivity index (χ0v) is 30.2. The number of hydrogen-bond acceptors (Lipinski definition) is 9. The van der Waals surface area contributed by atoms with Crippen LogP contribution in [0.1, 0.15) is 110 Å². The zero-order valence-electron chi connectivity index (χ0n) is 30.2. The Labute approximate surface area is 301 Å². The molecule has 0 aromatic rings. The standard InChI is InChI=1S/C34H61N7O10/c1-2-3-4-5-6-7-8-9-10-15-29(43)39-26(33(48)49)16-17-28(42)37-19-21-50-22-23-51-24-30(44)41-20-12-14-27(41)31(45)40-25(32(46)47)13-11-18-38-34(35)36/h25-27H,2-24H2,1H3,(H,37,42)(H,39,43)(H,40,45)(H,46,47)(H,48,49)(H4,35,36,38)/t25-,26-,27-/m0/s1. The van der Waals surface area contributed by atoms with Crippen molar-refractivity contribution in [3.63, 3.8) is 0 Å². The van der Waals surface area contributed by atoms with E-state index < -0.39 is 41.9 Å². The highest BCUT2D eigenvalue weighted by atomic mass is 16.5. The normalized spacial score (nSPS) is 15.1. The monoisotopic (exact) mass is 727 g/mol. The third-order valence-electron chi connectivity index (χ3n) is 8.44. The van der Waals surface area contributed by atoms with Gasteiger partial charge in [0.05, 0.1) is 19.8 Å². The summed E-state index contributed by atoms with van der Waals surface area (Å²) in [6, 6.07) is -3.09. The number of amides is 4. The molecule has 17 nitrogen and oxygen atoms in total. The number of likely N-dealkylation sites (tertiary alicyclic amines) is 1. The highest BCUT2D eigenvalue weighted by molar-refractivity contribution is 5.91. The Morgan fingerprint density at radius 1 is 0.765 bits per heavy atom. The smallest absolute Gasteiger partial charge is 0.326 e. The van der Waals surface area contributed by atoms with Gasteiger partial charge in [0.2, 0.25) is 23.6 Å². The molecule has 9 N–H and O–H groups in total. The van der Waals surface area contributed by atoms with Crippen molar-refractivity contribution >= 4 is 41.5 Å². The SMILES string of the molecule is CCCCCCCCCCCC(=O)N[C@@H](CCC(=O)NCCOCCOCC(=O)N1CCC[C@H]1C(=O)N[C@@H](CCCNC(=N)N)C(=O)O)C(=O)O. The van der Waals surface area contributed by atoms with Crippen molar-refractivity contribution in [1.29, 1.82) is 5.41 Å². The number of guanidine groups is 1. The number of hydrogen-bond donors (Lipinski definition) is 8. The highest BCUT2D eigenvalue weighted by Gasteiger charge is 2.35. The first-order valence-corrected chi connectivity index (χ1v) is 18.3. The number of nitrogens with two attached hydrogens (primary N) is 1. The summed E-state index contributed by atoms with van der Waals surface area (Å²) in [4.78, 5) is 74.5. The summed E-state index contributed by atoms with van der Waals surface area (Å²) in [5.41, 5.74) is 5.21. The molecule has 292 valence electrons. The molecule has 0 aromatic carbocycles. The molecule has 1 heterocycles. The van der Waals surface area contributed by atoms with Crippen LogP contribution in [0.3, 0.4) is 0 Å². The summed E-state index contributed by atoms with van der Waals surface area (Å²) in [6.45, 7) is 3.08. The van der Waals surface area contributed by atoms with Crippen LogP contribution in [0.25, 0.3) is 0 Å². The molecule has 0 bridgehead atoms. The average Bonchev–Trinajstić information content (AvgIpc) is 3.58. The molecule has 1 aliphatic heterocycles. The van der Waals surface area contributed by atoms with E-state index in [1.54, 1.807) is 0 Å². The van der Waals surface area contributed by atoms with Gasteiger partial charge in [-0.1, -0.05) is 58.3 Å². The van der Waals surface area contributed by atoms with Crippen molar-refractivity contribution in [1.82, 2.24) is 26.2 Å². The van der Waals surface area contributed by atoms with E-state index in [0.717, 1.165) is 19.3 Å². The van der Waals surface area contributed by atoms with Crippen LogP contribution < -0.4 is 27.0 Å². The van der Waals surface area contributed by atoms with Crippen molar-refractivity contribution < 1.29 is 48.5 Å². The first-order valence-electron chi connectivity index (χ1n) is 18.3. The van der Waals surface area contributed by atoms with E-state index in [1.807, 2.05) is 0 Å². The third-order valence-corrected chi connectivity index (χ3v) is 8.44. The first-order chi connectivity index (χ1) is 24.5. The predicted molar refractivity (Wildman–Crippen MR) is 189 cm³/mol. The van der Waals surface area contributed by atoms with Crippen molar-refractivity contribution in [2.45, 2.75) is 128 Å². The first kappa shape index (κ1) is 45.0. The Morgan fingerprint density at radius 2 is 1.39 bits per heavy atom. The van der Waals surface area contributed by atoms with E-state index in [0.29, 0.717) is 32.2 Å². The lowest BCUT2D eigenvalue weighted by molar-refractivity contribution is -0.145. The van der Waals surface area contributed by atoms with E-state index in [-0.39, 0.29) is 83.0 Å². The van der Waals surface area contributed by atoms with Gasteiger partial charge in [-0.3, -0.25) is 24.6 Å². The fraction of sp³-hybridized carbons (Fsp3) is 0.794. The highest BCUT2D eigenvalue weighted by Crippen LogP contribution is 2.18. The van der Waals surface area contributed by atoms with E-state index in [4.69, 9.17) is 20.6 Å². The molecule has 4 amide bonds. The molecular formula is C34H61N7O10. The van der Waals surface area contributed by atoms with E-state index in [1.165, 1.54) is 37.0 Å². The summed E-state index contributed by atoms with van der Waals surface area (Å²) >= 11 is 0. The van der Waals surface area contributed by atoms with Gasteiger partial charge in [0, 0.05) is 32.5 Å². The minimum atomic E-state index is -1.20. The number of carboxylic acid groups (broad SMARTS) is 2. The molecular weight excluding hydrogens is 666 g/mol. The summed E-state index contributed by atoms with van der Waals surface area (Å²) in [7, 11) is 0. The minimum Gasteiger partial charge on any atom is -0.480 e. The number of carbonyl (C=O) groups excluding carboxylic acids is 4. The van der Waals surface area contributed by atoms with Crippen molar-refractivity contribution in [3.05, 3.63) is 0 Å². The second-order valence-electron chi connectivity index (χ2n) is 12.7. The van der Waals surface area contributed by atoms with E-state index in [9.17, 15) is 39.0 Å². The van der Waals surface area contributed by atoms with Crippen LogP contribution in [0, 0.1) is 5.41 Å². The van der Waals surface area contributed by atoms with Crippen molar-refractivity contribution in [2.75, 3.05) is 46.1 Å². The molecule has 0 radical (unpaired) electrons. The largest absolute Gasteiger partial charge is 0.480 e. The van der Waals surface area contributed by atoms with Crippen LogP contribution in [-0.4, -0.2) is 121 Å². The second kappa shape index (κ2) is 27.7. The van der Waals surface area contributed by atoms with Crippen LogP contribution in [0.5, 0.6) is 0 Å². The Bertz CT molecular complexity index is 1090. The number of nitrogens with zero attached hydrogens (tertiary/aromatic N) is 1. The van der Waals surface area contributed by atoms with Gasteiger partial charge in [0.25, 0.3) is 0 Å². The number of ether oxygens (including phenoxy) is 2. The van der Waals surface area contributed by atoms with Crippen LogP contribution >= 0.6 is 0 Å². The fourth-order valence-corrected chi connectivity index (χ4v) is 5.60. The van der Waals surface area contributed by atoms with Gasteiger partial charge in [-0.05, 0) is 38.5 Å². The summed E-state index contributed by atoms with van der Waals surface area (Å²) in [5, 5.41) is 36.3. The fourth-order valence-electron chi connectivity index (χ4n) is 5.60. The van der Waals surface area contributed by atoms with Gasteiger partial charge < -0.3 is 51.6 Å². The zero-order chi connectivity index (χ0) is 37.9. The lowest BCUT2D eigenvalue weighted by Crippen LogP contribution is -2.51. The Kier molecular flexibility index (Phi) is 24.5. The van der Waals surface area contributed by atoms with Gasteiger partial charge in [-0.2, -0.15) is 0 Å². The van der Waals surface area contributed by atoms with E-state index >= 15 is 0 Å². The maximum atomic E-state index is 12.8. The molecule has 1 rings (SSSR count). The number of carbonyl (C=O) groups is 6. The number of nitrogens with one attached hydrogen (secondary N) is 5. The quantitative estimate of drug-likeness (QED) is 0.0295. The van der Waals surface area contributed by atoms with Gasteiger partial charge in [-0.25, -0.2) is 9.59 Å². The second-order valence-corrected chi connectivity index (χ2v) is 12.7. The number of aliphatic carboxylic acids is 2. The van der Waals surface area contributed by atoms with Crippen molar-refractivity contribution in [2.24, 2.45) is 5.73 Å². The number of unbranched alkanes of at least 4 members (excludes halogenated alkanes) is 8. The lowest BCUT2D eigenvalue weighted by Gasteiger charge is -2.25. The molecule has 1 saturated heterocycles. The number of rotatable bonds is 30. The molecule has 3 atom stereocenters. The molecule has 0 aliphatic carbocycles. The maximum absolute atomic E-state index is 12.8. The molecule has 1 fully saturated rings. The van der Waals surface area contributed by atoms with Gasteiger partial charge >= 0.3 is 11.9 Å². The Morgan fingerprint density at radius 3 is 2.04 bits per heavy atom. The van der Waals surface area contributed by atoms with Gasteiger partial charge in [-0.15, -0.1) is 0 Å². The third kappa shape index (κ3) is 21.8. The number of carboxylic acids is 2. The van der Waals surface area contributed by atoms with Crippen LogP contribution in [0.15, 0.2) is 0 Å². The van der Waals surface area contributed by atoms with Gasteiger partial charge in [0.15, 0.2) is 5.96 Å². The minimum absolute atomic E-state index is 0.0347. The molecule has 0 unspecified atom stereocenters. The molecule has 0 spiro atoms. The van der Waals surface area contributed by atoms with Crippen LogP contribution in [0.2, 0.25) is 0 Å². The summed E-state index contributed by atoms with van der Waals surface area (Å²) < 4.78 is 10.8. The van der Waals surface area contributed by atoms with E-state index in [2.05, 4.69) is 28.2 Å². The molecule has 0 saturated carbocycles. The average molecular weight is 728 g/mol. The molecule has 1 aliphatic rings. The van der Waals surface area contributed by atoms with Crippen LogP contribution in [0.4, 0.5) is 0 Å². The Balaban J connectivity index is 2.20. The lowest BCUT2D eigenvalue weighted by atomic mass is 10.1. The van der Waals surface area contributed by atoms with Crippen molar-refractivity contribution in [3.8, 4) is 0 Å². The summed E-state index contributed by atoms with van der Waals surface area (Å²) in [6.07, 6.45) is 11.6. The van der Waals surface area contributed by atoms with Gasteiger partial charge in [0.1, 0.15) is 24.7 Å². The summed E-state index contributed by atoms with van der Waals surface area (Å²) in [5.74, 6) is -4.27. The van der Waals surface area contributed by atoms with Crippen LogP contribution in [-0.2, 0) is 38.2 Å². The molecule has 17 heteroatoms. The topological polar surface area (TPSA) is 263 Å². The molecule has 0 aromatic heterocycles.